The fourth-order valence-corrected chi connectivity index (χ4v) is 4.01. The molecule has 1 fully saturated rings. The second-order valence-electron chi connectivity index (χ2n) is 7.99. The lowest BCUT2D eigenvalue weighted by atomic mass is 10.1. The fourth-order valence-electron chi connectivity index (χ4n) is 4.01. The van der Waals surface area contributed by atoms with E-state index in [-0.39, 0.29) is 5.91 Å². The van der Waals surface area contributed by atoms with E-state index < -0.39 is 0 Å². The number of nitrogens with one attached hydrogen (secondary N) is 1. The summed E-state index contributed by atoms with van der Waals surface area (Å²) in [7, 11) is 1.78. The molecule has 1 saturated heterocycles. The topological polar surface area (TPSA) is 85.2 Å². The number of morpholine rings is 1. The minimum absolute atomic E-state index is 0.0797. The number of nitrogens with zero attached hydrogens (tertiary/aromatic N) is 4. The maximum atomic E-state index is 13.0. The van der Waals surface area contributed by atoms with Crippen LogP contribution in [0.1, 0.15) is 15.9 Å². The Kier molecular flexibility index (Phi) is 5.51. The van der Waals surface area contributed by atoms with E-state index in [1.807, 2.05) is 54.6 Å². The van der Waals surface area contributed by atoms with Crippen molar-refractivity contribution in [3.63, 3.8) is 0 Å². The minimum Gasteiger partial charge on any atom is -0.378 e. The van der Waals surface area contributed by atoms with Crippen molar-refractivity contribution < 1.29 is 9.53 Å². The lowest BCUT2D eigenvalue weighted by Crippen LogP contribution is -2.36. The van der Waals surface area contributed by atoms with E-state index in [0.29, 0.717) is 17.0 Å². The van der Waals surface area contributed by atoms with Crippen molar-refractivity contribution in [2.75, 3.05) is 43.2 Å². The van der Waals surface area contributed by atoms with Gasteiger partial charge in [0, 0.05) is 42.6 Å². The molecule has 0 aliphatic carbocycles. The summed E-state index contributed by atoms with van der Waals surface area (Å²) in [4.78, 5) is 24.8. The van der Waals surface area contributed by atoms with E-state index in [0.717, 1.165) is 54.3 Å². The number of benzene rings is 3. The van der Waals surface area contributed by atoms with Crippen LogP contribution in [0.5, 0.6) is 0 Å². The Hall–Kier alpha value is -4.15. The van der Waals surface area contributed by atoms with Gasteiger partial charge in [-0.1, -0.05) is 12.1 Å². The molecular formula is C26H23N5O2. The van der Waals surface area contributed by atoms with Crippen molar-refractivity contribution >= 4 is 28.3 Å². The molecule has 7 heteroatoms. The summed E-state index contributed by atoms with van der Waals surface area (Å²) in [6.45, 7) is 3.24. The number of ether oxygens (including phenoxy) is 1. The lowest BCUT2D eigenvalue weighted by molar-refractivity contribution is 0.0993. The van der Waals surface area contributed by atoms with E-state index in [2.05, 4.69) is 20.9 Å². The molecule has 0 atom stereocenters. The Morgan fingerprint density at radius 3 is 2.48 bits per heavy atom. The summed E-state index contributed by atoms with van der Waals surface area (Å²) in [6.07, 6.45) is 0. The van der Waals surface area contributed by atoms with Gasteiger partial charge in [-0.3, -0.25) is 4.79 Å². The van der Waals surface area contributed by atoms with E-state index in [4.69, 9.17) is 10.00 Å². The molecule has 0 radical (unpaired) electrons. The van der Waals surface area contributed by atoms with Gasteiger partial charge in [0.15, 0.2) is 0 Å². The Morgan fingerprint density at radius 1 is 1.06 bits per heavy atom. The molecule has 164 valence electrons. The van der Waals surface area contributed by atoms with Crippen molar-refractivity contribution in [2.24, 2.45) is 0 Å². The van der Waals surface area contributed by atoms with Gasteiger partial charge in [-0.2, -0.15) is 5.26 Å². The molecule has 7 nitrogen and oxygen atoms in total. The van der Waals surface area contributed by atoms with Crippen molar-refractivity contribution in [3.05, 3.63) is 77.9 Å². The first-order valence-electron chi connectivity index (χ1n) is 10.8. The number of H-pyrrole nitrogens is 1. The SMILES string of the molecule is CN(C(=O)c1ccc(-c2nc3ccc(C#N)cc3[nH]2)cc1)c1ccc(N2CCOCC2)cc1. The predicted octanol–water partition coefficient (Wildman–Crippen LogP) is 4.21. The maximum Gasteiger partial charge on any atom is 0.258 e. The van der Waals surface area contributed by atoms with Gasteiger partial charge >= 0.3 is 0 Å². The highest BCUT2D eigenvalue weighted by Gasteiger charge is 2.16. The number of fused-ring (bicyclic) bond motifs is 1. The molecule has 1 amide bonds. The van der Waals surface area contributed by atoms with Gasteiger partial charge in [0.25, 0.3) is 5.91 Å². The summed E-state index contributed by atoms with van der Waals surface area (Å²) >= 11 is 0. The number of hydrogen-bond donors (Lipinski definition) is 1. The number of imidazole rings is 1. The zero-order valence-corrected chi connectivity index (χ0v) is 18.3. The van der Waals surface area contributed by atoms with Crippen molar-refractivity contribution in [1.82, 2.24) is 9.97 Å². The van der Waals surface area contributed by atoms with Gasteiger partial charge in [0.05, 0.1) is 35.9 Å². The van der Waals surface area contributed by atoms with Crippen LogP contribution in [0.3, 0.4) is 0 Å². The lowest BCUT2D eigenvalue weighted by Gasteiger charge is -2.29. The van der Waals surface area contributed by atoms with Gasteiger partial charge in [0.1, 0.15) is 5.82 Å². The number of rotatable bonds is 4. The van der Waals surface area contributed by atoms with Crippen LogP contribution < -0.4 is 9.80 Å². The van der Waals surface area contributed by atoms with Gasteiger partial charge < -0.3 is 19.5 Å². The Bertz CT molecular complexity index is 1330. The molecule has 0 saturated carbocycles. The largest absolute Gasteiger partial charge is 0.378 e. The van der Waals surface area contributed by atoms with Crippen LogP contribution in [0.4, 0.5) is 11.4 Å². The van der Waals surface area contributed by atoms with Crippen molar-refractivity contribution in [2.45, 2.75) is 0 Å². The summed E-state index contributed by atoms with van der Waals surface area (Å²) in [5.74, 6) is 0.620. The number of aromatic nitrogens is 2. The highest BCUT2D eigenvalue weighted by molar-refractivity contribution is 6.06. The number of carbonyl (C=O) groups is 1. The predicted molar refractivity (Wildman–Crippen MR) is 128 cm³/mol. The normalized spacial score (nSPS) is 13.6. The molecule has 1 aliphatic rings. The number of aromatic amines is 1. The van der Waals surface area contributed by atoms with Gasteiger partial charge in [-0.05, 0) is 54.6 Å². The molecule has 0 unspecified atom stereocenters. The number of anilines is 2. The van der Waals surface area contributed by atoms with Crippen LogP contribution in [0, 0.1) is 11.3 Å². The summed E-state index contributed by atoms with van der Waals surface area (Å²) < 4.78 is 5.41. The molecule has 1 aromatic heterocycles. The highest BCUT2D eigenvalue weighted by atomic mass is 16.5. The third-order valence-electron chi connectivity index (χ3n) is 5.93. The van der Waals surface area contributed by atoms with E-state index in [1.54, 1.807) is 24.1 Å². The van der Waals surface area contributed by atoms with Crippen LogP contribution in [0.15, 0.2) is 66.7 Å². The van der Waals surface area contributed by atoms with Crippen LogP contribution in [-0.4, -0.2) is 49.2 Å². The Balaban J connectivity index is 1.31. The van der Waals surface area contributed by atoms with E-state index in [1.165, 1.54) is 0 Å². The molecule has 4 aromatic rings. The first-order chi connectivity index (χ1) is 16.1. The molecule has 1 aliphatic heterocycles. The maximum absolute atomic E-state index is 13.0. The molecule has 5 rings (SSSR count). The molecule has 3 aromatic carbocycles. The standard InChI is InChI=1S/C26H23N5O2/c1-30(21-7-9-22(10-8-21)31-12-14-33-15-13-31)26(32)20-5-3-19(4-6-20)25-28-23-11-2-18(17-27)16-24(23)29-25/h2-11,16H,12-15H2,1H3,(H,28,29). The second kappa shape index (κ2) is 8.77. The van der Waals surface area contributed by atoms with E-state index in [9.17, 15) is 4.79 Å². The van der Waals surface area contributed by atoms with Crippen molar-refractivity contribution in [1.29, 1.82) is 5.26 Å². The minimum atomic E-state index is -0.0797. The van der Waals surface area contributed by atoms with Crippen LogP contribution >= 0.6 is 0 Å². The van der Waals surface area contributed by atoms with E-state index >= 15 is 0 Å². The second-order valence-corrected chi connectivity index (χ2v) is 7.99. The Morgan fingerprint density at radius 2 is 1.79 bits per heavy atom. The molecule has 2 heterocycles. The number of nitriles is 1. The number of carbonyl (C=O) groups excluding carboxylic acids is 1. The molecule has 0 bridgehead atoms. The third kappa shape index (κ3) is 4.16. The first-order valence-corrected chi connectivity index (χ1v) is 10.8. The van der Waals surface area contributed by atoms with Crippen molar-refractivity contribution in [3.8, 4) is 17.5 Å². The van der Waals surface area contributed by atoms with Crippen LogP contribution in [0.2, 0.25) is 0 Å². The zero-order valence-electron chi connectivity index (χ0n) is 18.3. The fraction of sp³-hybridized carbons (Fsp3) is 0.192. The summed E-state index contributed by atoms with van der Waals surface area (Å²) in [5.41, 5.74) is 5.64. The zero-order chi connectivity index (χ0) is 22.8. The monoisotopic (exact) mass is 437 g/mol. The van der Waals surface area contributed by atoms with Gasteiger partial charge in [0.2, 0.25) is 0 Å². The van der Waals surface area contributed by atoms with Gasteiger partial charge in [-0.15, -0.1) is 0 Å². The molecular weight excluding hydrogens is 414 g/mol. The summed E-state index contributed by atoms with van der Waals surface area (Å²) in [5, 5.41) is 9.08. The smallest absolute Gasteiger partial charge is 0.258 e. The molecule has 33 heavy (non-hydrogen) atoms. The average molecular weight is 438 g/mol. The van der Waals surface area contributed by atoms with Crippen LogP contribution in [-0.2, 0) is 4.74 Å². The average Bonchev–Trinajstić information content (AvgIpc) is 3.32. The highest BCUT2D eigenvalue weighted by Crippen LogP contribution is 2.24. The number of hydrogen-bond acceptors (Lipinski definition) is 5. The number of amides is 1. The quantitative estimate of drug-likeness (QED) is 0.517. The van der Waals surface area contributed by atoms with Crippen LogP contribution in [0.25, 0.3) is 22.4 Å². The summed E-state index contributed by atoms with van der Waals surface area (Å²) in [6, 6.07) is 22.9. The van der Waals surface area contributed by atoms with Gasteiger partial charge in [-0.25, -0.2) is 4.98 Å². The Labute approximate surface area is 191 Å². The first kappa shape index (κ1) is 20.7. The molecule has 0 spiro atoms. The molecule has 1 N–H and O–H groups in total. The third-order valence-corrected chi connectivity index (χ3v) is 5.93.